The van der Waals surface area contributed by atoms with E-state index < -0.39 is 0 Å². The fraction of sp³-hybridized carbons (Fsp3) is 0. The molecule has 0 saturated heterocycles. The lowest BCUT2D eigenvalue weighted by molar-refractivity contribution is -0.111. The number of hydrogen-bond acceptors (Lipinski definition) is 6. The first-order chi connectivity index (χ1) is 15.6. The largest absolute Gasteiger partial charge is 0.457 e. The van der Waals surface area contributed by atoms with Gasteiger partial charge in [-0.15, -0.1) is 10.2 Å². The molecule has 0 fully saturated rings. The van der Waals surface area contributed by atoms with E-state index in [1.807, 2.05) is 30.3 Å². The fourth-order valence-electron chi connectivity index (χ4n) is 3.03. The van der Waals surface area contributed by atoms with Crippen molar-refractivity contribution in [1.82, 2.24) is 19.8 Å². The van der Waals surface area contributed by atoms with E-state index in [1.165, 1.54) is 17.4 Å². The Morgan fingerprint density at radius 2 is 2.00 bits per heavy atom. The molecule has 5 aromatic rings. The van der Waals surface area contributed by atoms with Gasteiger partial charge in [-0.3, -0.25) is 4.79 Å². The number of halogens is 2. The van der Waals surface area contributed by atoms with Crippen LogP contribution in [0.1, 0.15) is 5.76 Å². The molecule has 0 aliphatic carbocycles. The van der Waals surface area contributed by atoms with Crippen LogP contribution in [0.2, 0.25) is 10.0 Å². The summed E-state index contributed by atoms with van der Waals surface area (Å²) in [6.45, 7) is 0. The summed E-state index contributed by atoms with van der Waals surface area (Å²) in [5, 5.41) is 16.7. The lowest BCUT2D eigenvalue weighted by atomic mass is 10.2. The molecule has 0 aliphatic heterocycles. The van der Waals surface area contributed by atoms with Crippen LogP contribution in [0.5, 0.6) is 0 Å². The minimum absolute atomic E-state index is 0.293. The third-order valence-electron chi connectivity index (χ3n) is 4.51. The summed E-state index contributed by atoms with van der Waals surface area (Å²) in [5.41, 5.74) is 2.20. The SMILES string of the molecule is O=C(C=Cc1ccc(-c2cccc(Cl)c2Cl)o1)Nc1cccc(-c2nn3cnnc3s2)c1. The molecule has 0 radical (unpaired) electrons. The Morgan fingerprint density at radius 3 is 2.88 bits per heavy atom. The van der Waals surface area contributed by atoms with Gasteiger partial charge in [-0.25, -0.2) is 0 Å². The standard InChI is InChI=1S/C22H13Cl2N5O2S/c23-17-6-2-5-16(20(17)24)18-9-7-15(31-18)8-10-19(30)26-14-4-1-3-13(11-14)21-28-29-12-25-27-22(29)32-21/h1-12H,(H,26,30). The van der Waals surface area contributed by atoms with Gasteiger partial charge in [0.1, 0.15) is 22.9 Å². The summed E-state index contributed by atoms with van der Waals surface area (Å²) < 4.78 is 7.39. The Kier molecular flexibility index (Phi) is 5.48. The highest BCUT2D eigenvalue weighted by Gasteiger charge is 2.11. The molecule has 32 heavy (non-hydrogen) atoms. The molecule has 0 saturated carbocycles. The number of aromatic nitrogens is 4. The van der Waals surface area contributed by atoms with Crippen molar-refractivity contribution in [2.45, 2.75) is 0 Å². The Labute approximate surface area is 195 Å². The number of carbonyl (C=O) groups is 1. The van der Waals surface area contributed by atoms with Crippen molar-refractivity contribution in [3.63, 3.8) is 0 Å². The van der Waals surface area contributed by atoms with Crippen molar-refractivity contribution in [2.75, 3.05) is 5.32 Å². The van der Waals surface area contributed by atoms with Gasteiger partial charge < -0.3 is 9.73 Å². The molecular weight excluding hydrogens is 469 g/mol. The smallest absolute Gasteiger partial charge is 0.248 e. The number of benzene rings is 2. The first kappa shape index (κ1) is 20.4. The lowest BCUT2D eigenvalue weighted by Gasteiger charge is -2.03. The normalized spacial score (nSPS) is 11.4. The molecule has 3 heterocycles. The molecule has 0 spiro atoms. The van der Waals surface area contributed by atoms with Crippen molar-refractivity contribution in [2.24, 2.45) is 0 Å². The van der Waals surface area contributed by atoms with Crippen molar-refractivity contribution >= 4 is 57.2 Å². The van der Waals surface area contributed by atoms with Crippen LogP contribution in [0.3, 0.4) is 0 Å². The second-order valence-electron chi connectivity index (χ2n) is 6.67. The van der Waals surface area contributed by atoms with Gasteiger partial charge in [0.2, 0.25) is 10.9 Å². The average Bonchev–Trinajstić information content (AvgIpc) is 3.51. The molecular formula is C22H13Cl2N5O2S. The molecule has 0 aliphatic rings. The van der Waals surface area contributed by atoms with Crippen LogP contribution >= 0.6 is 34.5 Å². The Hall–Kier alpha value is -3.46. The van der Waals surface area contributed by atoms with Gasteiger partial charge in [0.15, 0.2) is 0 Å². The van der Waals surface area contributed by atoms with Crippen LogP contribution in [0.25, 0.3) is 32.9 Å². The minimum Gasteiger partial charge on any atom is -0.457 e. The predicted molar refractivity (Wildman–Crippen MR) is 126 cm³/mol. The molecule has 2 aromatic carbocycles. The van der Waals surface area contributed by atoms with Crippen LogP contribution in [0.15, 0.2) is 71.4 Å². The maximum absolute atomic E-state index is 12.4. The first-order valence-corrected chi connectivity index (χ1v) is 10.9. The van der Waals surface area contributed by atoms with Crippen molar-refractivity contribution in [1.29, 1.82) is 0 Å². The maximum atomic E-state index is 12.4. The quantitative estimate of drug-likeness (QED) is 0.307. The van der Waals surface area contributed by atoms with Crippen molar-refractivity contribution in [3.8, 4) is 21.9 Å². The number of fused-ring (bicyclic) bond motifs is 1. The van der Waals surface area contributed by atoms with Gasteiger partial charge in [-0.1, -0.05) is 52.7 Å². The van der Waals surface area contributed by atoms with E-state index in [0.717, 1.165) is 10.6 Å². The zero-order chi connectivity index (χ0) is 22.1. The minimum atomic E-state index is -0.293. The van der Waals surface area contributed by atoms with Crippen LogP contribution < -0.4 is 5.32 Å². The Morgan fingerprint density at radius 1 is 1.12 bits per heavy atom. The van der Waals surface area contributed by atoms with E-state index in [4.69, 9.17) is 27.6 Å². The monoisotopic (exact) mass is 481 g/mol. The number of amides is 1. The van der Waals surface area contributed by atoms with Crippen LogP contribution in [0, 0.1) is 0 Å². The predicted octanol–water partition coefficient (Wildman–Crippen LogP) is 6.07. The number of furan rings is 1. The molecule has 7 nitrogen and oxygen atoms in total. The topological polar surface area (TPSA) is 85.3 Å². The number of carbonyl (C=O) groups excluding carboxylic acids is 1. The third-order valence-corrected chi connectivity index (χ3v) is 6.29. The molecule has 3 aromatic heterocycles. The van der Waals surface area contributed by atoms with Crippen molar-refractivity contribution < 1.29 is 9.21 Å². The second-order valence-corrected chi connectivity index (χ2v) is 8.41. The van der Waals surface area contributed by atoms with Crippen LogP contribution in [-0.4, -0.2) is 25.7 Å². The number of rotatable bonds is 5. The van der Waals surface area contributed by atoms with Gasteiger partial charge in [-0.2, -0.15) is 9.61 Å². The lowest BCUT2D eigenvalue weighted by Crippen LogP contribution is -2.07. The summed E-state index contributed by atoms with van der Waals surface area (Å²) in [7, 11) is 0. The zero-order valence-corrected chi connectivity index (χ0v) is 18.5. The Bertz CT molecular complexity index is 1440. The number of anilines is 1. The summed E-state index contributed by atoms with van der Waals surface area (Å²) in [5.74, 6) is 0.786. The molecule has 0 bridgehead atoms. The first-order valence-electron chi connectivity index (χ1n) is 9.37. The van der Waals surface area contributed by atoms with Crippen LogP contribution in [-0.2, 0) is 4.79 Å². The molecule has 10 heteroatoms. The third kappa shape index (κ3) is 4.16. The van der Waals surface area contributed by atoms with Gasteiger partial charge in [0, 0.05) is 22.9 Å². The van der Waals surface area contributed by atoms with E-state index >= 15 is 0 Å². The highest BCUT2D eigenvalue weighted by Crippen LogP contribution is 2.34. The Balaban J connectivity index is 1.28. The van der Waals surface area contributed by atoms with Gasteiger partial charge in [0.25, 0.3) is 0 Å². The summed E-state index contributed by atoms with van der Waals surface area (Å²) in [4.78, 5) is 13.1. The van der Waals surface area contributed by atoms with Gasteiger partial charge in [-0.05, 0) is 42.5 Å². The van der Waals surface area contributed by atoms with E-state index in [2.05, 4.69) is 20.6 Å². The molecule has 0 atom stereocenters. The second kappa shape index (κ2) is 8.58. The summed E-state index contributed by atoms with van der Waals surface area (Å²) in [6, 6.07) is 16.3. The van der Waals surface area contributed by atoms with Crippen LogP contribution in [0.4, 0.5) is 5.69 Å². The van der Waals surface area contributed by atoms with E-state index in [-0.39, 0.29) is 5.91 Å². The van der Waals surface area contributed by atoms with Gasteiger partial charge >= 0.3 is 0 Å². The molecule has 1 amide bonds. The summed E-state index contributed by atoms with van der Waals surface area (Å²) >= 11 is 13.7. The zero-order valence-electron chi connectivity index (χ0n) is 16.2. The van der Waals surface area contributed by atoms with E-state index in [9.17, 15) is 4.79 Å². The number of nitrogens with zero attached hydrogens (tertiary/aromatic N) is 4. The highest BCUT2D eigenvalue weighted by molar-refractivity contribution is 7.19. The maximum Gasteiger partial charge on any atom is 0.248 e. The molecule has 158 valence electrons. The average molecular weight is 482 g/mol. The molecule has 1 N–H and O–H groups in total. The molecule has 5 rings (SSSR count). The van der Waals surface area contributed by atoms with E-state index in [0.29, 0.717) is 37.8 Å². The number of nitrogens with one attached hydrogen (secondary N) is 1. The fourth-order valence-corrected chi connectivity index (χ4v) is 4.24. The summed E-state index contributed by atoms with van der Waals surface area (Å²) in [6.07, 6.45) is 4.54. The van der Waals surface area contributed by atoms with Crippen molar-refractivity contribution in [3.05, 3.63) is 82.8 Å². The van der Waals surface area contributed by atoms with E-state index in [1.54, 1.807) is 41.2 Å². The molecule has 0 unspecified atom stereocenters. The number of hydrogen-bond donors (Lipinski definition) is 1. The highest BCUT2D eigenvalue weighted by atomic mass is 35.5. The van der Waals surface area contributed by atoms with Gasteiger partial charge in [0.05, 0.1) is 10.0 Å².